The first-order chi connectivity index (χ1) is 8.34. The number of rotatable bonds is 5. The zero-order valence-corrected chi connectivity index (χ0v) is 10.5. The van der Waals surface area contributed by atoms with Crippen LogP contribution in [0.1, 0.15) is 38.5 Å². The van der Waals surface area contributed by atoms with Gasteiger partial charge in [0.2, 0.25) is 5.91 Å². The maximum absolute atomic E-state index is 11.7. The normalized spacial score (nSPS) is 22.8. The Hall–Kier alpha value is -0.610. The summed E-state index contributed by atoms with van der Waals surface area (Å²) >= 11 is 0. The molecule has 0 atom stereocenters. The first-order valence-electron chi connectivity index (χ1n) is 6.92. The average Bonchev–Trinajstić information content (AvgIpc) is 2.83. The number of carbonyl (C=O) groups excluding carboxylic acids is 1. The lowest BCUT2D eigenvalue weighted by molar-refractivity contribution is -0.121. The zero-order chi connectivity index (χ0) is 11.9. The van der Waals surface area contributed by atoms with Gasteiger partial charge in [-0.25, -0.2) is 0 Å². The van der Waals surface area contributed by atoms with E-state index in [1.54, 1.807) is 0 Å². The molecule has 1 saturated carbocycles. The molecule has 0 spiro atoms. The monoisotopic (exact) mass is 240 g/mol. The van der Waals surface area contributed by atoms with E-state index in [0.717, 1.165) is 38.5 Å². The van der Waals surface area contributed by atoms with Crippen LogP contribution < -0.4 is 10.6 Å². The highest BCUT2D eigenvalue weighted by atomic mass is 16.5. The van der Waals surface area contributed by atoms with E-state index in [-0.39, 0.29) is 5.91 Å². The Morgan fingerprint density at radius 2 is 1.82 bits per heavy atom. The number of nitrogens with one attached hydrogen (secondary N) is 2. The van der Waals surface area contributed by atoms with Crippen LogP contribution in [0.5, 0.6) is 0 Å². The molecule has 2 aliphatic rings. The number of hydrogen-bond donors (Lipinski definition) is 2. The highest BCUT2D eigenvalue weighted by Crippen LogP contribution is 2.23. The maximum atomic E-state index is 11.7. The number of ether oxygens (including phenoxy) is 1. The molecule has 0 unspecified atom stereocenters. The molecular weight excluding hydrogens is 216 g/mol. The van der Waals surface area contributed by atoms with E-state index in [4.69, 9.17) is 4.74 Å². The van der Waals surface area contributed by atoms with Crippen LogP contribution in [0.15, 0.2) is 0 Å². The topological polar surface area (TPSA) is 50.4 Å². The third kappa shape index (κ3) is 4.64. The highest BCUT2D eigenvalue weighted by Gasteiger charge is 2.17. The van der Waals surface area contributed by atoms with Gasteiger partial charge in [-0.1, -0.05) is 12.8 Å². The van der Waals surface area contributed by atoms with Gasteiger partial charge in [0.1, 0.15) is 0 Å². The SMILES string of the molecule is O=C(CNCC1CCCC1)NC1CCOCC1. The number of amides is 1. The van der Waals surface area contributed by atoms with Crippen molar-refractivity contribution in [2.24, 2.45) is 5.92 Å². The summed E-state index contributed by atoms with van der Waals surface area (Å²) in [7, 11) is 0. The Kier molecular flexibility index (Phi) is 5.26. The van der Waals surface area contributed by atoms with Gasteiger partial charge in [-0.2, -0.15) is 0 Å². The van der Waals surface area contributed by atoms with Gasteiger partial charge in [-0.15, -0.1) is 0 Å². The minimum absolute atomic E-state index is 0.134. The molecule has 2 fully saturated rings. The van der Waals surface area contributed by atoms with Gasteiger partial charge in [0.05, 0.1) is 6.54 Å². The molecule has 1 aliphatic carbocycles. The zero-order valence-electron chi connectivity index (χ0n) is 10.5. The van der Waals surface area contributed by atoms with E-state index in [1.807, 2.05) is 0 Å². The van der Waals surface area contributed by atoms with Crippen molar-refractivity contribution < 1.29 is 9.53 Å². The summed E-state index contributed by atoms with van der Waals surface area (Å²) in [4.78, 5) is 11.7. The fraction of sp³-hybridized carbons (Fsp3) is 0.923. The lowest BCUT2D eigenvalue weighted by Gasteiger charge is -2.23. The van der Waals surface area contributed by atoms with Crippen LogP contribution in [0.25, 0.3) is 0 Å². The molecule has 0 radical (unpaired) electrons. The third-order valence-electron chi connectivity index (χ3n) is 3.78. The Balaban J connectivity index is 1.53. The van der Waals surface area contributed by atoms with Crippen LogP contribution >= 0.6 is 0 Å². The predicted molar refractivity (Wildman–Crippen MR) is 66.8 cm³/mol. The van der Waals surface area contributed by atoms with Crippen molar-refractivity contribution in [3.8, 4) is 0 Å². The number of hydrogen-bond acceptors (Lipinski definition) is 3. The molecule has 1 amide bonds. The van der Waals surface area contributed by atoms with Crippen molar-refractivity contribution in [1.29, 1.82) is 0 Å². The molecule has 1 heterocycles. The molecule has 2 N–H and O–H groups in total. The van der Waals surface area contributed by atoms with Gasteiger partial charge in [0, 0.05) is 19.3 Å². The smallest absolute Gasteiger partial charge is 0.234 e. The van der Waals surface area contributed by atoms with Crippen molar-refractivity contribution in [1.82, 2.24) is 10.6 Å². The van der Waals surface area contributed by atoms with Crippen LogP contribution in [-0.4, -0.2) is 38.3 Å². The quantitative estimate of drug-likeness (QED) is 0.755. The minimum atomic E-state index is 0.134. The molecule has 1 aliphatic heterocycles. The lowest BCUT2D eigenvalue weighted by Crippen LogP contribution is -2.43. The summed E-state index contributed by atoms with van der Waals surface area (Å²) in [5.74, 6) is 0.931. The van der Waals surface area contributed by atoms with Crippen LogP contribution in [0.2, 0.25) is 0 Å². The van der Waals surface area contributed by atoms with Crippen molar-refractivity contribution in [3.05, 3.63) is 0 Å². The first kappa shape index (κ1) is 12.8. The molecule has 2 rings (SSSR count). The third-order valence-corrected chi connectivity index (χ3v) is 3.78. The highest BCUT2D eigenvalue weighted by molar-refractivity contribution is 5.78. The summed E-state index contributed by atoms with van der Waals surface area (Å²) in [5.41, 5.74) is 0. The Bertz CT molecular complexity index is 234. The Morgan fingerprint density at radius 1 is 1.12 bits per heavy atom. The molecule has 0 aromatic heterocycles. The molecule has 4 nitrogen and oxygen atoms in total. The van der Waals surface area contributed by atoms with Gasteiger partial charge in [0.25, 0.3) is 0 Å². The van der Waals surface area contributed by atoms with Crippen molar-refractivity contribution >= 4 is 5.91 Å². The maximum Gasteiger partial charge on any atom is 0.234 e. The van der Waals surface area contributed by atoms with Gasteiger partial charge in [-0.05, 0) is 38.1 Å². The largest absolute Gasteiger partial charge is 0.381 e. The van der Waals surface area contributed by atoms with Crippen LogP contribution in [0.4, 0.5) is 0 Å². The summed E-state index contributed by atoms with van der Waals surface area (Å²) in [6, 6.07) is 0.324. The second-order valence-corrected chi connectivity index (χ2v) is 5.24. The second-order valence-electron chi connectivity index (χ2n) is 5.24. The summed E-state index contributed by atoms with van der Waals surface area (Å²) in [6.07, 6.45) is 7.28. The summed E-state index contributed by atoms with van der Waals surface area (Å²) < 4.78 is 5.26. The second kappa shape index (κ2) is 6.97. The Morgan fingerprint density at radius 3 is 2.53 bits per heavy atom. The van der Waals surface area contributed by atoms with E-state index >= 15 is 0 Å². The van der Waals surface area contributed by atoms with E-state index in [1.165, 1.54) is 25.7 Å². The molecule has 4 heteroatoms. The fourth-order valence-electron chi connectivity index (χ4n) is 2.72. The van der Waals surface area contributed by atoms with Crippen LogP contribution in [0.3, 0.4) is 0 Å². The molecule has 0 aromatic rings. The summed E-state index contributed by atoms with van der Waals surface area (Å²) in [6.45, 7) is 3.02. The van der Waals surface area contributed by atoms with E-state index < -0.39 is 0 Å². The average molecular weight is 240 g/mol. The van der Waals surface area contributed by atoms with Crippen molar-refractivity contribution in [3.63, 3.8) is 0 Å². The number of carbonyl (C=O) groups is 1. The van der Waals surface area contributed by atoms with E-state index in [0.29, 0.717) is 12.6 Å². The minimum Gasteiger partial charge on any atom is -0.381 e. The van der Waals surface area contributed by atoms with Crippen LogP contribution in [0, 0.1) is 5.92 Å². The van der Waals surface area contributed by atoms with Gasteiger partial charge in [0.15, 0.2) is 0 Å². The van der Waals surface area contributed by atoms with Gasteiger partial charge in [-0.3, -0.25) is 4.79 Å². The van der Waals surface area contributed by atoms with Crippen molar-refractivity contribution in [2.45, 2.75) is 44.6 Å². The Labute approximate surface area is 103 Å². The van der Waals surface area contributed by atoms with Crippen molar-refractivity contribution in [2.75, 3.05) is 26.3 Å². The predicted octanol–water partition coefficient (Wildman–Crippen LogP) is 1.06. The van der Waals surface area contributed by atoms with Gasteiger partial charge < -0.3 is 15.4 Å². The summed E-state index contributed by atoms with van der Waals surface area (Å²) in [5, 5.41) is 6.34. The first-order valence-corrected chi connectivity index (χ1v) is 6.92. The molecule has 17 heavy (non-hydrogen) atoms. The fourth-order valence-corrected chi connectivity index (χ4v) is 2.72. The van der Waals surface area contributed by atoms with E-state index in [9.17, 15) is 4.79 Å². The molecule has 98 valence electrons. The van der Waals surface area contributed by atoms with Gasteiger partial charge >= 0.3 is 0 Å². The standard InChI is InChI=1S/C13H24N2O2/c16-13(15-12-5-7-17-8-6-12)10-14-9-11-3-1-2-4-11/h11-12,14H,1-10H2,(H,15,16). The molecule has 1 saturated heterocycles. The van der Waals surface area contributed by atoms with Crippen LogP contribution in [-0.2, 0) is 9.53 Å². The van der Waals surface area contributed by atoms with E-state index in [2.05, 4.69) is 10.6 Å². The molecule has 0 bridgehead atoms. The molecule has 0 aromatic carbocycles. The lowest BCUT2D eigenvalue weighted by atomic mass is 10.1. The molecular formula is C13H24N2O2.